The molecule has 0 bridgehead atoms. The van der Waals surface area contributed by atoms with E-state index < -0.39 is 17.9 Å². The van der Waals surface area contributed by atoms with Crippen molar-refractivity contribution in [3.63, 3.8) is 0 Å². The van der Waals surface area contributed by atoms with E-state index in [9.17, 15) is 14.7 Å². The van der Waals surface area contributed by atoms with E-state index in [1.165, 1.54) is 0 Å². The molecule has 6 nitrogen and oxygen atoms in total. The number of halogens is 1. The summed E-state index contributed by atoms with van der Waals surface area (Å²) < 4.78 is 0. The van der Waals surface area contributed by atoms with Gasteiger partial charge in [0.15, 0.2) is 0 Å². The lowest BCUT2D eigenvalue weighted by Crippen LogP contribution is -2.47. The highest BCUT2D eigenvalue weighted by molar-refractivity contribution is 6.35. The molecule has 0 fully saturated rings. The number of aromatic nitrogens is 1. The Bertz CT molecular complexity index is 956. The summed E-state index contributed by atoms with van der Waals surface area (Å²) in [5.41, 5.74) is 2.95. The number of benzene rings is 2. The molecule has 3 rings (SSSR count). The lowest BCUT2D eigenvalue weighted by atomic mass is 10.1. The molecule has 4 N–H and O–H groups in total. The smallest absolute Gasteiger partial charge is 0.309 e. The number of H-pyrrole nitrogens is 1. The van der Waals surface area contributed by atoms with Crippen molar-refractivity contribution >= 4 is 34.3 Å². The van der Waals surface area contributed by atoms with Crippen molar-refractivity contribution in [2.24, 2.45) is 0 Å². The van der Waals surface area contributed by atoms with Gasteiger partial charge in [-0.05, 0) is 42.2 Å². The molecule has 2 amide bonds. The zero-order valence-corrected chi connectivity index (χ0v) is 16.0. The van der Waals surface area contributed by atoms with Crippen LogP contribution in [0.3, 0.4) is 0 Å². The number of aromatic amines is 1. The number of amides is 2. The van der Waals surface area contributed by atoms with Gasteiger partial charge in [0.1, 0.15) is 0 Å². The second kappa shape index (κ2) is 9.39. The summed E-state index contributed by atoms with van der Waals surface area (Å²) in [6.45, 7) is 0.0677. The third-order valence-corrected chi connectivity index (χ3v) is 4.73. The minimum Gasteiger partial charge on any atom is -0.394 e. The van der Waals surface area contributed by atoms with Crippen LogP contribution in [-0.2, 0) is 22.4 Å². The summed E-state index contributed by atoms with van der Waals surface area (Å²) in [5.74, 6) is -1.47. The van der Waals surface area contributed by atoms with E-state index in [4.69, 9.17) is 11.6 Å². The van der Waals surface area contributed by atoms with Crippen molar-refractivity contribution < 1.29 is 14.7 Å². The zero-order chi connectivity index (χ0) is 19.9. The number of fused-ring (bicyclic) bond motifs is 1. The van der Waals surface area contributed by atoms with Crippen molar-refractivity contribution in [3.8, 4) is 0 Å². The summed E-state index contributed by atoms with van der Waals surface area (Å²) >= 11 is 6.04. The second-order valence-electron chi connectivity index (χ2n) is 6.55. The fourth-order valence-corrected chi connectivity index (χ4v) is 3.23. The monoisotopic (exact) mass is 399 g/mol. The van der Waals surface area contributed by atoms with Gasteiger partial charge in [0, 0.05) is 28.7 Å². The highest BCUT2D eigenvalue weighted by atomic mass is 35.5. The lowest BCUT2D eigenvalue weighted by molar-refractivity contribution is -0.139. The van der Waals surface area contributed by atoms with Gasteiger partial charge in [-0.15, -0.1) is 0 Å². The molecule has 28 heavy (non-hydrogen) atoms. The van der Waals surface area contributed by atoms with E-state index >= 15 is 0 Å². The Labute approximate surface area is 167 Å². The summed E-state index contributed by atoms with van der Waals surface area (Å²) in [6, 6.07) is 14.5. The summed E-state index contributed by atoms with van der Waals surface area (Å²) in [5, 5.41) is 16.3. The number of carbonyl (C=O) groups excluding carboxylic acids is 2. The fourth-order valence-electron chi connectivity index (χ4n) is 3.06. The van der Waals surface area contributed by atoms with E-state index in [1.807, 2.05) is 54.7 Å². The molecule has 1 atom stereocenters. The van der Waals surface area contributed by atoms with Crippen molar-refractivity contribution in [2.75, 3.05) is 13.2 Å². The molecule has 1 heterocycles. The number of rotatable bonds is 7. The largest absolute Gasteiger partial charge is 0.394 e. The van der Waals surface area contributed by atoms with Crippen LogP contribution in [0.5, 0.6) is 0 Å². The number of aliphatic hydroxyl groups is 1. The molecule has 0 saturated heterocycles. The van der Waals surface area contributed by atoms with Gasteiger partial charge < -0.3 is 20.7 Å². The van der Waals surface area contributed by atoms with Gasteiger partial charge in [-0.1, -0.05) is 41.9 Å². The molecule has 0 radical (unpaired) electrons. The van der Waals surface area contributed by atoms with Crippen molar-refractivity contribution in [2.45, 2.75) is 18.9 Å². The molecule has 146 valence electrons. The maximum absolute atomic E-state index is 12.1. The van der Waals surface area contributed by atoms with Gasteiger partial charge in [0.2, 0.25) is 0 Å². The average molecular weight is 400 g/mol. The Kier molecular flexibility index (Phi) is 6.68. The van der Waals surface area contributed by atoms with Gasteiger partial charge in [-0.25, -0.2) is 0 Å². The van der Waals surface area contributed by atoms with Crippen LogP contribution in [0, 0.1) is 0 Å². The first-order chi connectivity index (χ1) is 13.6. The van der Waals surface area contributed by atoms with E-state index in [0.29, 0.717) is 24.4 Å². The first-order valence-corrected chi connectivity index (χ1v) is 9.43. The maximum atomic E-state index is 12.1. The number of carbonyl (C=O) groups is 2. The van der Waals surface area contributed by atoms with E-state index in [0.717, 1.165) is 22.0 Å². The van der Waals surface area contributed by atoms with Crippen LogP contribution in [0.2, 0.25) is 5.02 Å². The lowest BCUT2D eigenvalue weighted by Gasteiger charge is -2.16. The van der Waals surface area contributed by atoms with Gasteiger partial charge in [0.25, 0.3) is 0 Å². The van der Waals surface area contributed by atoms with Crippen LogP contribution >= 0.6 is 11.6 Å². The number of aliphatic hydroxyl groups excluding tert-OH is 1. The van der Waals surface area contributed by atoms with Crippen molar-refractivity contribution in [1.82, 2.24) is 15.6 Å². The topological polar surface area (TPSA) is 94.2 Å². The van der Waals surface area contributed by atoms with Gasteiger partial charge in [-0.2, -0.15) is 0 Å². The molecule has 0 aliphatic heterocycles. The minimum atomic E-state index is -0.753. The third-order valence-electron chi connectivity index (χ3n) is 4.50. The molecule has 0 saturated carbocycles. The Morgan fingerprint density at radius 1 is 1.11 bits per heavy atom. The molecule has 7 heteroatoms. The predicted octanol–water partition coefficient (Wildman–Crippen LogP) is 2.20. The van der Waals surface area contributed by atoms with E-state index in [2.05, 4.69) is 15.6 Å². The Morgan fingerprint density at radius 2 is 1.89 bits per heavy atom. The maximum Gasteiger partial charge on any atom is 0.309 e. The quantitative estimate of drug-likeness (QED) is 0.459. The Balaban J connectivity index is 1.49. The first-order valence-electron chi connectivity index (χ1n) is 9.06. The molecule has 3 aromatic rings. The van der Waals surface area contributed by atoms with Gasteiger partial charge in [-0.3, -0.25) is 9.59 Å². The summed E-state index contributed by atoms with van der Waals surface area (Å²) in [7, 11) is 0. The summed E-state index contributed by atoms with van der Waals surface area (Å²) in [6.07, 6.45) is 2.88. The van der Waals surface area contributed by atoms with Crippen LogP contribution in [-0.4, -0.2) is 41.1 Å². The zero-order valence-electron chi connectivity index (χ0n) is 15.2. The molecule has 2 aromatic carbocycles. The Morgan fingerprint density at radius 3 is 2.64 bits per heavy atom. The van der Waals surface area contributed by atoms with Crippen molar-refractivity contribution in [3.05, 3.63) is 70.9 Å². The molecule has 0 aliphatic rings. The van der Waals surface area contributed by atoms with Crippen molar-refractivity contribution in [1.29, 1.82) is 0 Å². The molecule has 0 aliphatic carbocycles. The minimum absolute atomic E-state index is 0.246. The average Bonchev–Trinajstić information content (AvgIpc) is 3.10. The number of nitrogens with one attached hydrogen (secondary N) is 3. The second-order valence-corrected chi connectivity index (χ2v) is 6.99. The van der Waals surface area contributed by atoms with Crippen LogP contribution < -0.4 is 10.6 Å². The van der Waals surface area contributed by atoms with Crippen LogP contribution in [0.4, 0.5) is 0 Å². The molecule has 0 spiro atoms. The molecular weight excluding hydrogens is 378 g/mol. The van der Waals surface area contributed by atoms with Crippen LogP contribution in [0.1, 0.15) is 11.1 Å². The molecule has 1 unspecified atom stereocenters. The SMILES string of the molecule is O=C(NCCc1c[nH]c2ccc(Cl)cc12)C(=O)NC(CO)Cc1ccccc1. The highest BCUT2D eigenvalue weighted by Crippen LogP contribution is 2.22. The summed E-state index contributed by atoms with van der Waals surface area (Å²) in [4.78, 5) is 27.3. The Hall–Kier alpha value is -2.83. The van der Waals surface area contributed by atoms with Gasteiger partial charge in [0.05, 0.1) is 12.6 Å². The van der Waals surface area contributed by atoms with Crippen LogP contribution in [0.25, 0.3) is 10.9 Å². The van der Waals surface area contributed by atoms with E-state index in [1.54, 1.807) is 0 Å². The fraction of sp³-hybridized carbons (Fsp3) is 0.238. The number of hydrogen-bond donors (Lipinski definition) is 4. The first kappa shape index (κ1) is 19.9. The molecule has 1 aromatic heterocycles. The predicted molar refractivity (Wildman–Crippen MR) is 109 cm³/mol. The normalized spacial score (nSPS) is 11.9. The standard InChI is InChI=1S/C21H22ClN3O3/c22-16-6-7-19-18(11-16)15(12-24-19)8-9-23-20(27)21(28)25-17(13-26)10-14-4-2-1-3-5-14/h1-7,11-12,17,24,26H,8-10,13H2,(H,23,27)(H,25,28). The van der Waals surface area contributed by atoms with Gasteiger partial charge >= 0.3 is 11.8 Å². The highest BCUT2D eigenvalue weighted by Gasteiger charge is 2.18. The third kappa shape index (κ3) is 5.12. The number of hydrogen-bond acceptors (Lipinski definition) is 3. The van der Waals surface area contributed by atoms with E-state index in [-0.39, 0.29) is 6.61 Å². The molecular formula is C21H22ClN3O3. The van der Waals surface area contributed by atoms with Crippen LogP contribution in [0.15, 0.2) is 54.7 Å².